The minimum atomic E-state index is -0.326. The lowest BCUT2D eigenvalue weighted by Gasteiger charge is -2.32. The maximum absolute atomic E-state index is 13.6. The number of ether oxygens (including phenoxy) is 1. The van der Waals surface area contributed by atoms with Gasteiger partial charge < -0.3 is 15.4 Å². The van der Waals surface area contributed by atoms with Crippen LogP contribution in [0.2, 0.25) is 0 Å². The van der Waals surface area contributed by atoms with Crippen LogP contribution in [-0.4, -0.2) is 47.2 Å². The Hall–Kier alpha value is -2.25. The van der Waals surface area contributed by atoms with Crippen molar-refractivity contribution < 1.29 is 9.53 Å². The van der Waals surface area contributed by atoms with E-state index in [0.29, 0.717) is 49.4 Å². The van der Waals surface area contributed by atoms with Gasteiger partial charge in [0.1, 0.15) is 5.82 Å². The average Bonchev–Trinajstić information content (AvgIpc) is 2.79. The van der Waals surface area contributed by atoms with Gasteiger partial charge in [0.05, 0.1) is 30.1 Å². The van der Waals surface area contributed by atoms with Gasteiger partial charge in [-0.3, -0.25) is 14.2 Å². The van der Waals surface area contributed by atoms with Crippen LogP contribution >= 0.6 is 0 Å². The van der Waals surface area contributed by atoms with Crippen LogP contribution in [0.5, 0.6) is 0 Å². The topological polar surface area (TPSA) is 90.4 Å². The van der Waals surface area contributed by atoms with Crippen LogP contribution in [0.1, 0.15) is 85.0 Å². The van der Waals surface area contributed by atoms with Gasteiger partial charge in [0.2, 0.25) is 5.91 Å². The van der Waals surface area contributed by atoms with Crippen molar-refractivity contribution in [1.29, 1.82) is 0 Å². The molecular weight excluding hydrogens is 440 g/mol. The van der Waals surface area contributed by atoms with Gasteiger partial charge in [-0.2, -0.15) is 0 Å². The number of hydrogen-bond donors (Lipinski definition) is 1. The monoisotopic (exact) mass is 486 g/mol. The number of amides is 1. The first-order chi connectivity index (χ1) is 16.6. The van der Waals surface area contributed by atoms with Gasteiger partial charge in [0.25, 0.3) is 5.56 Å². The summed E-state index contributed by atoms with van der Waals surface area (Å²) < 4.78 is 6.96. The summed E-state index contributed by atoms with van der Waals surface area (Å²) >= 11 is 0. The third-order valence-corrected chi connectivity index (χ3v) is 6.41. The molecule has 0 fully saturated rings. The Kier molecular flexibility index (Phi) is 11.4. The van der Waals surface area contributed by atoms with E-state index in [4.69, 9.17) is 15.5 Å². The molecule has 2 unspecified atom stereocenters. The van der Waals surface area contributed by atoms with E-state index in [1.165, 1.54) is 0 Å². The number of nitrogens with zero attached hydrogens (tertiary/aromatic N) is 3. The molecule has 2 atom stereocenters. The van der Waals surface area contributed by atoms with Crippen molar-refractivity contribution in [2.24, 2.45) is 17.1 Å². The Morgan fingerprint density at radius 2 is 1.83 bits per heavy atom. The van der Waals surface area contributed by atoms with E-state index < -0.39 is 0 Å². The predicted molar refractivity (Wildman–Crippen MR) is 143 cm³/mol. The molecule has 2 N–H and O–H groups in total. The molecule has 0 aliphatic carbocycles. The molecule has 7 nitrogen and oxygen atoms in total. The van der Waals surface area contributed by atoms with Gasteiger partial charge >= 0.3 is 0 Å². The number of aromatic nitrogens is 2. The molecule has 1 amide bonds. The van der Waals surface area contributed by atoms with Crippen LogP contribution in [-0.2, 0) is 16.1 Å². The van der Waals surface area contributed by atoms with Crippen molar-refractivity contribution in [3.05, 3.63) is 40.4 Å². The Morgan fingerprint density at radius 3 is 2.49 bits per heavy atom. The van der Waals surface area contributed by atoms with Crippen molar-refractivity contribution in [3.8, 4) is 0 Å². The summed E-state index contributed by atoms with van der Waals surface area (Å²) in [5.41, 5.74) is 6.38. The third kappa shape index (κ3) is 8.73. The molecule has 0 radical (unpaired) electrons. The fourth-order valence-corrected chi connectivity index (χ4v) is 4.89. The highest BCUT2D eigenvalue weighted by molar-refractivity contribution is 5.78. The van der Waals surface area contributed by atoms with Crippen molar-refractivity contribution in [2.45, 2.75) is 85.7 Å². The normalized spacial score (nSPS) is 13.7. The highest BCUT2D eigenvalue weighted by Crippen LogP contribution is 2.28. The zero-order chi connectivity index (χ0) is 26.0. The molecule has 1 aromatic heterocycles. The number of hydrogen-bond acceptors (Lipinski definition) is 5. The van der Waals surface area contributed by atoms with E-state index >= 15 is 0 Å². The molecule has 0 aliphatic rings. The van der Waals surface area contributed by atoms with Crippen LogP contribution in [0.25, 0.3) is 10.9 Å². The molecule has 35 heavy (non-hydrogen) atoms. The molecule has 1 aromatic carbocycles. The summed E-state index contributed by atoms with van der Waals surface area (Å²) in [6.07, 6.45) is 5.44. The fraction of sp³-hybridized carbons (Fsp3) is 0.679. The third-order valence-electron chi connectivity index (χ3n) is 6.41. The first-order valence-corrected chi connectivity index (χ1v) is 13.1. The van der Waals surface area contributed by atoms with Crippen LogP contribution in [0.3, 0.4) is 0 Å². The summed E-state index contributed by atoms with van der Waals surface area (Å²) in [4.78, 5) is 33.8. The zero-order valence-corrected chi connectivity index (χ0v) is 22.7. The maximum atomic E-state index is 13.6. The van der Waals surface area contributed by atoms with Gasteiger partial charge in [-0.25, -0.2) is 4.98 Å². The minimum Gasteiger partial charge on any atom is -0.383 e. The second-order valence-electron chi connectivity index (χ2n) is 11.0. The Bertz CT molecular complexity index is 996. The lowest BCUT2D eigenvalue weighted by Crippen LogP contribution is -2.39. The Balaban J connectivity index is 2.40. The largest absolute Gasteiger partial charge is 0.383 e. The fourth-order valence-electron chi connectivity index (χ4n) is 4.89. The molecule has 7 heteroatoms. The van der Waals surface area contributed by atoms with Gasteiger partial charge in [-0.05, 0) is 56.2 Å². The molecule has 0 saturated carbocycles. The smallest absolute Gasteiger partial charge is 0.261 e. The molecular formula is C28H46N4O3. The number of benzene rings is 1. The van der Waals surface area contributed by atoms with Gasteiger partial charge in [0.15, 0.2) is 0 Å². The quantitative estimate of drug-likeness (QED) is 0.383. The van der Waals surface area contributed by atoms with E-state index in [2.05, 4.69) is 27.7 Å². The highest BCUT2D eigenvalue weighted by atomic mass is 16.5. The summed E-state index contributed by atoms with van der Waals surface area (Å²) in [7, 11) is 1.62. The van der Waals surface area contributed by atoms with Gasteiger partial charge in [-0.1, -0.05) is 52.7 Å². The van der Waals surface area contributed by atoms with E-state index in [0.717, 1.165) is 32.1 Å². The molecule has 0 aliphatic heterocycles. The molecule has 2 aromatic rings. The molecule has 0 spiro atoms. The van der Waals surface area contributed by atoms with Crippen molar-refractivity contribution >= 4 is 16.8 Å². The molecule has 196 valence electrons. The van der Waals surface area contributed by atoms with E-state index in [9.17, 15) is 9.59 Å². The number of methoxy groups -OCH3 is 1. The van der Waals surface area contributed by atoms with Crippen molar-refractivity contribution in [2.75, 3.05) is 26.8 Å². The van der Waals surface area contributed by atoms with E-state index in [-0.39, 0.29) is 28.8 Å². The number of fused-ring (bicyclic) bond motifs is 1. The number of nitrogens with two attached hydrogens (primary N) is 1. The Labute approximate surface area is 211 Å². The predicted octanol–water partition coefficient (Wildman–Crippen LogP) is 4.91. The lowest BCUT2D eigenvalue weighted by molar-refractivity contribution is -0.134. The summed E-state index contributed by atoms with van der Waals surface area (Å²) in [6.45, 7) is 12.9. The summed E-state index contributed by atoms with van der Waals surface area (Å²) in [6, 6.07) is 7.07. The lowest BCUT2D eigenvalue weighted by atomic mass is 9.84. The molecule has 0 bridgehead atoms. The number of para-hydroxylation sites is 1. The SMILES string of the molecule is COCCn1c(C(C)N(CCCCCCN)C(=O)CC(C)CC(C)(C)C)nc2ccccc2c1=O. The van der Waals surface area contributed by atoms with E-state index in [1.807, 2.05) is 30.0 Å². The van der Waals surface area contributed by atoms with Crippen LogP contribution in [0, 0.1) is 11.3 Å². The number of rotatable bonds is 14. The average molecular weight is 487 g/mol. The van der Waals surface area contributed by atoms with Crippen LogP contribution < -0.4 is 11.3 Å². The van der Waals surface area contributed by atoms with Gasteiger partial charge in [-0.15, -0.1) is 0 Å². The zero-order valence-electron chi connectivity index (χ0n) is 22.7. The number of unbranched alkanes of at least 4 members (excludes halogenated alkanes) is 3. The van der Waals surface area contributed by atoms with Crippen molar-refractivity contribution in [3.63, 3.8) is 0 Å². The number of carbonyl (C=O) groups is 1. The highest BCUT2D eigenvalue weighted by Gasteiger charge is 2.28. The van der Waals surface area contributed by atoms with Crippen LogP contribution in [0.4, 0.5) is 0 Å². The van der Waals surface area contributed by atoms with Gasteiger partial charge in [0, 0.05) is 20.1 Å². The van der Waals surface area contributed by atoms with Crippen LogP contribution in [0.15, 0.2) is 29.1 Å². The van der Waals surface area contributed by atoms with E-state index in [1.54, 1.807) is 17.7 Å². The minimum absolute atomic E-state index is 0.0917. The maximum Gasteiger partial charge on any atom is 0.261 e. The van der Waals surface area contributed by atoms with Crippen molar-refractivity contribution in [1.82, 2.24) is 14.5 Å². The second-order valence-corrected chi connectivity index (χ2v) is 11.0. The second kappa shape index (κ2) is 13.7. The number of carbonyl (C=O) groups excluding carboxylic acids is 1. The molecule has 2 rings (SSSR count). The first-order valence-electron chi connectivity index (χ1n) is 13.1. The summed E-state index contributed by atoms with van der Waals surface area (Å²) in [5, 5.41) is 0.581. The molecule has 1 heterocycles. The molecule has 0 saturated heterocycles. The first kappa shape index (κ1) is 29.0. The Morgan fingerprint density at radius 1 is 1.14 bits per heavy atom. The summed E-state index contributed by atoms with van der Waals surface area (Å²) in [5.74, 6) is 1.01. The standard InChI is InChI=1S/C28H46N4O3/c1-21(20-28(3,4)5)19-25(33)31(16-12-8-7-11-15-29)22(2)26-30-24-14-10-9-13-23(24)27(34)32(26)17-18-35-6/h9-10,13-14,21-22H,7-8,11-12,15-20,29H2,1-6H3.